The highest BCUT2D eigenvalue weighted by molar-refractivity contribution is 5.83. The van der Waals surface area contributed by atoms with Crippen molar-refractivity contribution >= 4 is 11.9 Å². The molecule has 0 aliphatic carbocycles. The van der Waals surface area contributed by atoms with E-state index in [0.29, 0.717) is 13.0 Å². The summed E-state index contributed by atoms with van der Waals surface area (Å²) in [7, 11) is 0. The van der Waals surface area contributed by atoms with Crippen molar-refractivity contribution < 1.29 is 14.7 Å². The number of aliphatic carboxylic acids is 1. The van der Waals surface area contributed by atoms with Gasteiger partial charge < -0.3 is 10.0 Å². The third-order valence-corrected chi connectivity index (χ3v) is 2.81. The van der Waals surface area contributed by atoms with Crippen molar-refractivity contribution in [2.45, 2.75) is 39.2 Å². The Bertz CT molecular complexity index is 240. The molecule has 0 aromatic carbocycles. The number of nitrogens with zero attached hydrogens (tertiary/aromatic N) is 1. The number of hydrogen-bond acceptors (Lipinski definition) is 2. The number of carbonyl (C=O) groups is 2. The Kier molecular flexibility index (Phi) is 3.49. The minimum Gasteiger partial charge on any atom is -0.480 e. The van der Waals surface area contributed by atoms with Gasteiger partial charge in [-0.15, -0.1) is 0 Å². The molecule has 1 rings (SSSR count). The zero-order chi connectivity index (χ0) is 10.7. The fourth-order valence-corrected chi connectivity index (χ4v) is 2.05. The SMILES string of the molecule is CCC(=O)N1CCCC(C)C1C(=O)O. The molecule has 1 aliphatic rings. The van der Waals surface area contributed by atoms with Crippen molar-refractivity contribution in [3.63, 3.8) is 0 Å². The van der Waals surface area contributed by atoms with Gasteiger partial charge in [-0.3, -0.25) is 4.79 Å². The van der Waals surface area contributed by atoms with Crippen LogP contribution in [0.25, 0.3) is 0 Å². The van der Waals surface area contributed by atoms with Crippen molar-refractivity contribution in [3.05, 3.63) is 0 Å². The van der Waals surface area contributed by atoms with Gasteiger partial charge in [0.25, 0.3) is 0 Å². The first-order chi connectivity index (χ1) is 6.57. The Labute approximate surface area is 83.9 Å². The third kappa shape index (κ3) is 2.05. The van der Waals surface area contributed by atoms with Crippen LogP contribution in [-0.2, 0) is 9.59 Å². The topological polar surface area (TPSA) is 57.6 Å². The molecule has 0 radical (unpaired) electrons. The number of hydrogen-bond donors (Lipinski definition) is 1. The molecule has 1 fully saturated rings. The van der Waals surface area contributed by atoms with E-state index in [-0.39, 0.29) is 11.8 Å². The summed E-state index contributed by atoms with van der Waals surface area (Å²) in [5.74, 6) is -0.861. The molecule has 0 bridgehead atoms. The van der Waals surface area contributed by atoms with Gasteiger partial charge in [-0.2, -0.15) is 0 Å². The molecule has 1 aliphatic heterocycles. The molecule has 80 valence electrons. The van der Waals surface area contributed by atoms with E-state index >= 15 is 0 Å². The Morgan fingerprint density at radius 2 is 2.14 bits per heavy atom. The molecule has 0 aromatic rings. The lowest BCUT2D eigenvalue weighted by atomic mass is 9.90. The van der Waals surface area contributed by atoms with Gasteiger partial charge in [0.15, 0.2) is 0 Å². The molecule has 1 amide bonds. The van der Waals surface area contributed by atoms with E-state index in [0.717, 1.165) is 12.8 Å². The molecular weight excluding hydrogens is 182 g/mol. The number of likely N-dealkylation sites (tertiary alicyclic amines) is 1. The lowest BCUT2D eigenvalue weighted by Crippen LogP contribution is -2.51. The van der Waals surface area contributed by atoms with Crippen molar-refractivity contribution in [1.29, 1.82) is 0 Å². The van der Waals surface area contributed by atoms with Gasteiger partial charge in [-0.25, -0.2) is 4.79 Å². The van der Waals surface area contributed by atoms with Gasteiger partial charge in [0.2, 0.25) is 5.91 Å². The fourth-order valence-electron chi connectivity index (χ4n) is 2.05. The lowest BCUT2D eigenvalue weighted by Gasteiger charge is -2.37. The Balaban J connectivity index is 2.79. The highest BCUT2D eigenvalue weighted by Crippen LogP contribution is 2.23. The molecule has 4 nitrogen and oxygen atoms in total. The molecule has 0 saturated carbocycles. The summed E-state index contributed by atoms with van der Waals surface area (Å²) in [5.41, 5.74) is 0. The Hall–Kier alpha value is -1.06. The first-order valence-electron chi connectivity index (χ1n) is 5.10. The van der Waals surface area contributed by atoms with Crippen molar-refractivity contribution in [2.24, 2.45) is 5.92 Å². The second-order valence-electron chi connectivity index (χ2n) is 3.84. The van der Waals surface area contributed by atoms with Crippen LogP contribution in [0.5, 0.6) is 0 Å². The number of piperidine rings is 1. The van der Waals surface area contributed by atoms with Crippen LogP contribution in [0.1, 0.15) is 33.1 Å². The molecule has 14 heavy (non-hydrogen) atoms. The molecule has 1 saturated heterocycles. The average molecular weight is 199 g/mol. The molecule has 0 spiro atoms. The Morgan fingerprint density at radius 1 is 1.50 bits per heavy atom. The van der Waals surface area contributed by atoms with Crippen molar-refractivity contribution in [3.8, 4) is 0 Å². The second-order valence-corrected chi connectivity index (χ2v) is 3.84. The molecule has 0 aromatic heterocycles. The van der Waals surface area contributed by atoms with Crippen LogP contribution in [0.15, 0.2) is 0 Å². The van der Waals surface area contributed by atoms with Gasteiger partial charge in [-0.05, 0) is 18.8 Å². The number of rotatable bonds is 2. The standard InChI is InChI=1S/C10H17NO3/c1-3-8(12)11-6-4-5-7(2)9(11)10(13)14/h7,9H,3-6H2,1-2H3,(H,13,14). The van der Waals surface area contributed by atoms with Crippen LogP contribution in [-0.4, -0.2) is 34.5 Å². The zero-order valence-electron chi connectivity index (χ0n) is 8.69. The molecule has 4 heteroatoms. The maximum atomic E-state index is 11.5. The minimum absolute atomic E-state index is 0.0519. The van der Waals surface area contributed by atoms with E-state index in [1.807, 2.05) is 6.92 Å². The second kappa shape index (κ2) is 4.44. The van der Waals surface area contributed by atoms with E-state index in [9.17, 15) is 9.59 Å². The average Bonchev–Trinajstić information content (AvgIpc) is 2.15. The van der Waals surface area contributed by atoms with Crippen LogP contribution in [0.4, 0.5) is 0 Å². The van der Waals surface area contributed by atoms with Crippen LogP contribution in [0, 0.1) is 5.92 Å². The van der Waals surface area contributed by atoms with Gasteiger partial charge in [0, 0.05) is 13.0 Å². The largest absolute Gasteiger partial charge is 0.480 e. The Morgan fingerprint density at radius 3 is 2.64 bits per heavy atom. The fraction of sp³-hybridized carbons (Fsp3) is 0.800. The van der Waals surface area contributed by atoms with Crippen LogP contribution in [0.3, 0.4) is 0 Å². The number of amides is 1. The number of carboxylic acids is 1. The summed E-state index contributed by atoms with van der Waals surface area (Å²) in [6.45, 7) is 4.25. The third-order valence-electron chi connectivity index (χ3n) is 2.81. The van der Waals surface area contributed by atoms with Crippen LogP contribution in [0.2, 0.25) is 0 Å². The highest BCUT2D eigenvalue weighted by Gasteiger charge is 2.36. The lowest BCUT2D eigenvalue weighted by molar-refractivity contribution is -0.154. The van der Waals surface area contributed by atoms with Gasteiger partial charge in [0.1, 0.15) is 6.04 Å². The molecular formula is C10H17NO3. The van der Waals surface area contributed by atoms with Crippen molar-refractivity contribution in [1.82, 2.24) is 4.90 Å². The first-order valence-corrected chi connectivity index (χ1v) is 5.10. The monoisotopic (exact) mass is 199 g/mol. The minimum atomic E-state index is -0.876. The van der Waals surface area contributed by atoms with Gasteiger partial charge in [0.05, 0.1) is 0 Å². The molecule has 2 unspecified atom stereocenters. The molecule has 1 N–H and O–H groups in total. The summed E-state index contributed by atoms with van der Waals surface area (Å²) in [6, 6.07) is -0.615. The van der Waals surface area contributed by atoms with E-state index < -0.39 is 12.0 Å². The maximum Gasteiger partial charge on any atom is 0.326 e. The van der Waals surface area contributed by atoms with Gasteiger partial charge in [-0.1, -0.05) is 13.8 Å². The van der Waals surface area contributed by atoms with Crippen molar-refractivity contribution in [2.75, 3.05) is 6.54 Å². The summed E-state index contributed by atoms with van der Waals surface area (Å²) >= 11 is 0. The normalized spacial score (nSPS) is 27.4. The quantitative estimate of drug-likeness (QED) is 0.724. The summed E-state index contributed by atoms with van der Waals surface area (Å²) < 4.78 is 0. The summed E-state index contributed by atoms with van der Waals surface area (Å²) in [5, 5.41) is 9.03. The summed E-state index contributed by atoms with van der Waals surface area (Å²) in [6.07, 6.45) is 2.19. The molecule has 1 heterocycles. The zero-order valence-corrected chi connectivity index (χ0v) is 8.69. The molecule has 2 atom stereocenters. The van der Waals surface area contributed by atoms with E-state index in [1.54, 1.807) is 6.92 Å². The predicted octanol–water partition coefficient (Wildman–Crippen LogP) is 1.11. The van der Waals surface area contributed by atoms with E-state index in [1.165, 1.54) is 4.90 Å². The number of carboxylic acid groups (broad SMARTS) is 1. The smallest absolute Gasteiger partial charge is 0.326 e. The number of carbonyl (C=O) groups excluding carboxylic acids is 1. The summed E-state index contributed by atoms with van der Waals surface area (Å²) in [4.78, 5) is 24.0. The van der Waals surface area contributed by atoms with Crippen LogP contribution < -0.4 is 0 Å². The highest BCUT2D eigenvalue weighted by atomic mass is 16.4. The van der Waals surface area contributed by atoms with E-state index in [2.05, 4.69) is 0 Å². The maximum absolute atomic E-state index is 11.5. The van der Waals surface area contributed by atoms with E-state index in [4.69, 9.17) is 5.11 Å². The van der Waals surface area contributed by atoms with Gasteiger partial charge >= 0.3 is 5.97 Å². The predicted molar refractivity (Wildman–Crippen MR) is 51.8 cm³/mol. The van der Waals surface area contributed by atoms with Crippen LogP contribution >= 0.6 is 0 Å². The first kappa shape index (κ1) is 11.0.